The van der Waals surface area contributed by atoms with E-state index < -0.39 is 0 Å². The van der Waals surface area contributed by atoms with Crippen molar-refractivity contribution in [3.8, 4) is 11.5 Å². The molecule has 0 aliphatic heterocycles. The number of benzene rings is 5. The van der Waals surface area contributed by atoms with E-state index in [1.54, 1.807) is 12.4 Å². The number of para-hydroxylation sites is 2. The summed E-state index contributed by atoms with van der Waals surface area (Å²) in [4.78, 5) is 9.65. The van der Waals surface area contributed by atoms with Gasteiger partial charge in [0.15, 0.2) is 0 Å². The third-order valence-electron chi connectivity index (χ3n) is 9.13. The third kappa shape index (κ3) is 5.65. The summed E-state index contributed by atoms with van der Waals surface area (Å²) in [6, 6.07) is 30.5. The van der Waals surface area contributed by atoms with Crippen molar-refractivity contribution in [3.05, 3.63) is 108 Å². The highest BCUT2D eigenvalue weighted by Crippen LogP contribution is 2.36. The summed E-state index contributed by atoms with van der Waals surface area (Å²) >= 11 is 0. The second kappa shape index (κ2) is 12.8. The first-order chi connectivity index (χ1) is 23.0. The fraction of sp³-hybridized carbons (Fsp3) is 0.220. The normalized spacial score (nSPS) is 12.2. The Kier molecular flexibility index (Phi) is 8.25. The van der Waals surface area contributed by atoms with Crippen molar-refractivity contribution in [2.45, 2.75) is 59.5 Å². The number of aryl methyl sites for hydroxylation is 3. The fourth-order valence-corrected chi connectivity index (χ4v) is 6.64. The molecule has 47 heavy (non-hydrogen) atoms. The zero-order valence-corrected chi connectivity index (χ0v) is 27.2. The van der Waals surface area contributed by atoms with Crippen LogP contribution in [0.5, 0.6) is 11.5 Å². The van der Waals surface area contributed by atoms with Gasteiger partial charge >= 0.3 is 0 Å². The molecule has 2 N–H and O–H groups in total. The highest BCUT2D eigenvalue weighted by atomic mass is 16.3. The van der Waals surface area contributed by atoms with Gasteiger partial charge in [0.1, 0.15) is 11.5 Å². The van der Waals surface area contributed by atoms with E-state index in [1.165, 1.54) is 11.0 Å². The first-order valence-corrected chi connectivity index (χ1v) is 16.6. The molecule has 0 radical (unpaired) electrons. The molecule has 0 bridgehead atoms. The standard InChI is InChI=1S/C41H40N4O2/c1-4-6-18-44-36-14-10-8-12-30(36)32-23-40(46)28(21-38(32)44)25-42-34-17-16-27(3)20-35(34)43-26-29-22-39-33(24-41(29)47)31-13-9-11-15-37(31)45(39)19-7-5-2/h8-17,20-26,46-47H,4-7,18-19H2,1-3H3. The van der Waals surface area contributed by atoms with Crippen molar-refractivity contribution in [1.29, 1.82) is 0 Å². The Morgan fingerprint density at radius 1 is 0.553 bits per heavy atom. The number of rotatable bonds is 10. The van der Waals surface area contributed by atoms with Gasteiger partial charge in [-0.25, -0.2) is 0 Å². The average Bonchev–Trinajstić information content (AvgIpc) is 3.55. The van der Waals surface area contributed by atoms with E-state index in [0.29, 0.717) is 22.5 Å². The summed E-state index contributed by atoms with van der Waals surface area (Å²) in [6.45, 7) is 8.25. The number of aromatic nitrogens is 2. The molecule has 5 aromatic carbocycles. The summed E-state index contributed by atoms with van der Waals surface area (Å²) in [5, 5.41) is 26.5. The molecule has 0 saturated heterocycles. The first-order valence-electron chi connectivity index (χ1n) is 16.6. The molecule has 6 heteroatoms. The van der Waals surface area contributed by atoms with Crippen molar-refractivity contribution in [3.63, 3.8) is 0 Å². The molecule has 0 saturated carbocycles. The van der Waals surface area contributed by atoms with Gasteiger partial charge in [0.05, 0.1) is 22.4 Å². The number of phenols is 2. The van der Waals surface area contributed by atoms with Gasteiger partial charge in [-0.15, -0.1) is 0 Å². The Balaban J connectivity index is 1.26. The Hall–Kier alpha value is -5.36. The van der Waals surface area contributed by atoms with Gasteiger partial charge in [0.2, 0.25) is 0 Å². The van der Waals surface area contributed by atoms with Crippen molar-refractivity contribution in [2.24, 2.45) is 9.98 Å². The molecule has 0 atom stereocenters. The number of hydrogen-bond acceptors (Lipinski definition) is 4. The van der Waals surface area contributed by atoms with Crippen LogP contribution in [0.2, 0.25) is 0 Å². The molecule has 236 valence electrons. The van der Waals surface area contributed by atoms with Crippen LogP contribution in [0.25, 0.3) is 43.6 Å². The highest BCUT2D eigenvalue weighted by Gasteiger charge is 2.15. The van der Waals surface area contributed by atoms with E-state index in [1.807, 2.05) is 61.5 Å². The number of unbranched alkanes of at least 4 members (excludes halogenated alkanes) is 2. The predicted molar refractivity (Wildman–Crippen MR) is 198 cm³/mol. The van der Waals surface area contributed by atoms with Crippen LogP contribution >= 0.6 is 0 Å². The molecular weight excluding hydrogens is 580 g/mol. The second-order valence-corrected chi connectivity index (χ2v) is 12.4. The summed E-state index contributed by atoms with van der Waals surface area (Å²) in [5.74, 6) is 0.377. The minimum Gasteiger partial charge on any atom is -0.507 e. The minimum absolute atomic E-state index is 0.188. The van der Waals surface area contributed by atoms with Crippen LogP contribution in [0.4, 0.5) is 11.4 Å². The maximum atomic E-state index is 11.1. The lowest BCUT2D eigenvalue weighted by Crippen LogP contribution is -1.97. The van der Waals surface area contributed by atoms with Crippen molar-refractivity contribution in [1.82, 2.24) is 9.13 Å². The maximum absolute atomic E-state index is 11.1. The Labute approximate surface area is 275 Å². The summed E-state index contributed by atoms with van der Waals surface area (Å²) < 4.78 is 4.69. The zero-order valence-electron chi connectivity index (χ0n) is 27.2. The van der Waals surface area contributed by atoms with E-state index in [9.17, 15) is 10.2 Å². The SMILES string of the molecule is CCCCn1c2ccccc2c2cc(O)c(C=Nc3ccc(C)cc3N=Cc3cc4c(cc3O)c3ccccc3n4CCCC)cc21. The maximum Gasteiger partial charge on any atom is 0.125 e. The summed E-state index contributed by atoms with van der Waals surface area (Å²) in [7, 11) is 0. The first kappa shape index (κ1) is 30.3. The van der Waals surface area contributed by atoms with E-state index in [4.69, 9.17) is 9.98 Å². The fourth-order valence-electron chi connectivity index (χ4n) is 6.64. The predicted octanol–water partition coefficient (Wildman–Crippen LogP) is 10.7. The van der Waals surface area contributed by atoms with Gasteiger partial charge in [-0.3, -0.25) is 9.98 Å². The Morgan fingerprint density at radius 2 is 1.04 bits per heavy atom. The molecule has 2 heterocycles. The van der Waals surface area contributed by atoms with Crippen LogP contribution in [0.3, 0.4) is 0 Å². The number of aliphatic imine (C=N–C) groups is 2. The second-order valence-electron chi connectivity index (χ2n) is 12.4. The van der Waals surface area contributed by atoms with E-state index in [2.05, 4.69) is 59.4 Å². The zero-order chi connectivity index (χ0) is 32.5. The average molecular weight is 621 g/mol. The molecule has 6 nitrogen and oxygen atoms in total. The van der Waals surface area contributed by atoms with E-state index in [0.717, 1.165) is 76.9 Å². The quantitative estimate of drug-likeness (QED) is 0.149. The van der Waals surface area contributed by atoms with E-state index in [-0.39, 0.29) is 11.5 Å². The molecule has 0 aliphatic rings. The van der Waals surface area contributed by atoms with Crippen molar-refractivity contribution < 1.29 is 10.2 Å². The topological polar surface area (TPSA) is 75.0 Å². The molecule has 0 aliphatic carbocycles. The van der Waals surface area contributed by atoms with Gasteiger partial charge in [-0.1, -0.05) is 69.2 Å². The summed E-state index contributed by atoms with van der Waals surface area (Å²) in [5.41, 5.74) is 8.24. The van der Waals surface area contributed by atoms with E-state index >= 15 is 0 Å². The molecule has 0 spiro atoms. The largest absolute Gasteiger partial charge is 0.507 e. The van der Waals surface area contributed by atoms with Crippen LogP contribution in [-0.2, 0) is 13.1 Å². The number of fused-ring (bicyclic) bond motifs is 6. The van der Waals surface area contributed by atoms with Crippen LogP contribution in [0.1, 0.15) is 56.2 Å². The number of aromatic hydroxyl groups is 2. The minimum atomic E-state index is 0.188. The van der Waals surface area contributed by atoms with Gasteiger partial charge in [-0.2, -0.15) is 0 Å². The molecular formula is C41H40N4O2. The van der Waals surface area contributed by atoms with Gasteiger partial charge < -0.3 is 19.3 Å². The highest BCUT2D eigenvalue weighted by molar-refractivity contribution is 6.11. The lowest BCUT2D eigenvalue weighted by Gasteiger charge is -2.08. The lowest BCUT2D eigenvalue weighted by atomic mass is 10.1. The van der Waals surface area contributed by atoms with Crippen LogP contribution in [0.15, 0.2) is 101 Å². The smallest absolute Gasteiger partial charge is 0.125 e. The van der Waals surface area contributed by atoms with Crippen LogP contribution in [0, 0.1) is 6.92 Å². The monoisotopic (exact) mass is 620 g/mol. The number of hydrogen-bond donors (Lipinski definition) is 2. The number of nitrogens with zero attached hydrogens (tertiary/aromatic N) is 4. The van der Waals surface area contributed by atoms with Crippen LogP contribution < -0.4 is 0 Å². The molecule has 0 amide bonds. The van der Waals surface area contributed by atoms with Gasteiger partial charge in [0, 0.05) is 69.2 Å². The Bertz CT molecular complexity index is 2320. The van der Waals surface area contributed by atoms with Gasteiger partial charge in [0.25, 0.3) is 0 Å². The molecule has 0 fully saturated rings. The Morgan fingerprint density at radius 3 is 1.55 bits per heavy atom. The van der Waals surface area contributed by atoms with Crippen LogP contribution in [-0.4, -0.2) is 31.8 Å². The molecule has 0 unspecified atom stereocenters. The third-order valence-corrected chi connectivity index (χ3v) is 9.13. The summed E-state index contributed by atoms with van der Waals surface area (Å²) in [6.07, 6.45) is 7.80. The molecule has 7 rings (SSSR count). The number of phenolic OH excluding ortho intramolecular Hbond substituents is 2. The molecule has 7 aromatic rings. The molecule has 2 aromatic heterocycles. The van der Waals surface area contributed by atoms with Gasteiger partial charge in [-0.05, 0) is 73.9 Å². The van der Waals surface area contributed by atoms with Crippen molar-refractivity contribution in [2.75, 3.05) is 0 Å². The van der Waals surface area contributed by atoms with Crippen molar-refractivity contribution >= 4 is 67.4 Å². The lowest BCUT2D eigenvalue weighted by molar-refractivity contribution is 0.474.